The fraction of sp³-hybridized carbons (Fsp3) is 0.795. The molecule has 0 aliphatic heterocycles. The normalized spacial score (nSPS) is 13.3. The number of hydrogen-bond donors (Lipinski definition) is 1. The first-order valence-electron chi connectivity index (χ1n) is 21.0. The molecule has 0 amide bonds. The van der Waals surface area contributed by atoms with Crippen molar-refractivity contribution >= 4 is 17.9 Å². The number of unbranched alkanes of at least 4 members (excludes halogenated alkanes) is 17. The zero-order valence-corrected chi connectivity index (χ0v) is 34.3. The Morgan fingerprint density at radius 2 is 1.08 bits per heavy atom. The van der Waals surface area contributed by atoms with Gasteiger partial charge in [0.25, 0.3) is 0 Å². The number of carboxylic acids is 1. The van der Waals surface area contributed by atoms with E-state index in [4.69, 9.17) is 14.2 Å². The number of rotatable bonds is 37. The molecule has 2 unspecified atom stereocenters. The quantitative estimate of drug-likeness (QED) is 0.0293. The average Bonchev–Trinajstić information content (AvgIpc) is 3.09. The monoisotopic (exact) mass is 735 g/mol. The predicted octanol–water partition coefficient (Wildman–Crippen LogP) is 11.1. The van der Waals surface area contributed by atoms with Gasteiger partial charge in [0, 0.05) is 19.3 Å². The van der Waals surface area contributed by atoms with Crippen LogP contribution in [0.15, 0.2) is 36.5 Å². The Morgan fingerprint density at radius 3 is 1.60 bits per heavy atom. The maximum atomic E-state index is 12.7. The molecule has 8 heteroatoms. The van der Waals surface area contributed by atoms with Crippen LogP contribution in [0.5, 0.6) is 0 Å². The topological polar surface area (TPSA) is 99.1 Å². The van der Waals surface area contributed by atoms with Gasteiger partial charge < -0.3 is 23.8 Å². The number of carbonyl (C=O) groups is 3. The first kappa shape index (κ1) is 49.6. The molecule has 2 atom stereocenters. The van der Waals surface area contributed by atoms with Gasteiger partial charge in [0.15, 0.2) is 12.1 Å². The highest BCUT2D eigenvalue weighted by Gasteiger charge is 2.31. The van der Waals surface area contributed by atoms with Crippen LogP contribution in [0, 0.1) is 0 Å². The van der Waals surface area contributed by atoms with Crippen LogP contribution in [0.4, 0.5) is 0 Å². The Balaban J connectivity index is 4.37. The van der Waals surface area contributed by atoms with E-state index < -0.39 is 18.1 Å². The summed E-state index contributed by atoms with van der Waals surface area (Å²) in [7, 11) is 5.52. The molecule has 0 saturated heterocycles. The second kappa shape index (κ2) is 35.6. The summed E-state index contributed by atoms with van der Waals surface area (Å²) in [5, 5.41) is 9.60. The Morgan fingerprint density at radius 1 is 0.596 bits per heavy atom. The molecule has 0 aliphatic carbocycles. The van der Waals surface area contributed by atoms with Gasteiger partial charge in [-0.05, 0) is 44.9 Å². The van der Waals surface area contributed by atoms with Gasteiger partial charge in [0.1, 0.15) is 6.61 Å². The van der Waals surface area contributed by atoms with E-state index in [1.54, 1.807) is 0 Å². The van der Waals surface area contributed by atoms with E-state index in [0.29, 0.717) is 19.3 Å². The van der Waals surface area contributed by atoms with Gasteiger partial charge in [-0.1, -0.05) is 147 Å². The van der Waals surface area contributed by atoms with Crippen LogP contribution >= 0.6 is 0 Å². The molecule has 0 rings (SSSR count). The summed E-state index contributed by atoms with van der Waals surface area (Å²) in [6.07, 6.45) is 38.9. The highest BCUT2D eigenvalue weighted by molar-refractivity contribution is 5.72. The van der Waals surface area contributed by atoms with Crippen LogP contribution in [0.1, 0.15) is 174 Å². The predicted molar refractivity (Wildman–Crippen MR) is 215 cm³/mol. The first-order chi connectivity index (χ1) is 25.1. The van der Waals surface area contributed by atoms with Crippen molar-refractivity contribution in [1.29, 1.82) is 0 Å². The van der Waals surface area contributed by atoms with Crippen LogP contribution in [0.3, 0.4) is 0 Å². The number of likely N-dealkylation sites (N-methyl/N-ethyl adjacent to an activating group) is 1. The van der Waals surface area contributed by atoms with Crippen molar-refractivity contribution in [1.82, 2.24) is 0 Å². The Kier molecular flexibility index (Phi) is 33.9. The van der Waals surface area contributed by atoms with E-state index in [1.165, 1.54) is 77.0 Å². The number of carboxylic acid groups (broad SMARTS) is 1. The molecule has 0 aromatic heterocycles. The summed E-state index contributed by atoms with van der Waals surface area (Å²) in [4.78, 5) is 36.9. The van der Waals surface area contributed by atoms with Crippen molar-refractivity contribution < 1.29 is 38.2 Å². The van der Waals surface area contributed by atoms with Crippen molar-refractivity contribution in [2.24, 2.45) is 0 Å². The van der Waals surface area contributed by atoms with Gasteiger partial charge in [-0.15, -0.1) is 0 Å². The molecule has 302 valence electrons. The van der Waals surface area contributed by atoms with Crippen LogP contribution in [-0.4, -0.2) is 80.6 Å². The summed E-state index contributed by atoms with van der Waals surface area (Å²) < 4.78 is 17.2. The van der Waals surface area contributed by atoms with Gasteiger partial charge >= 0.3 is 17.9 Å². The van der Waals surface area contributed by atoms with Crippen LogP contribution in [0.2, 0.25) is 0 Å². The first-order valence-corrected chi connectivity index (χ1v) is 21.0. The standard InChI is InChI=1S/C44H79NO7/c1-6-8-10-12-14-16-18-19-20-21-22-23-25-27-29-31-33-35-43(47)52-40(38-50-37-36-41(44(48)49)45(3,4)5)39-51-42(46)34-32-30-28-26-24-17-15-13-11-9-7-2/h8,10,14,16,19-20,40-41H,6-7,9,11-13,15,17-18,21-39H2,1-5H3/p+1/b10-8-,16-14-,20-19-. The average molecular weight is 735 g/mol. The lowest BCUT2D eigenvalue weighted by Crippen LogP contribution is -2.50. The third-order valence-electron chi connectivity index (χ3n) is 9.30. The number of nitrogens with zero attached hydrogens (tertiary/aromatic N) is 1. The zero-order valence-electron chi connectivity index (χ0n) is 34.3. The molecule has 0 aromatic carbocycles. The zero-order chi connectivity index (χ0) is 38.5. The summed E-state index contributed by atoms with van der Waals surface area (Å²) >= 11 is 0. The van der Waals surface area contributed by atoms with E-state index in [9.17, 15) is 19.5 Å². The lowest BCUT2D eigenvalue weighted by Gasteiger charge is -2.31. The van der Waals surface area contributed by atoms with E-state index >= 15 is 0 Å². The Bertz CT molecular complexity index is 953. The summed E-state index contributed by atoms with van der Waals surface area (Å²) in [5.74, 6) is -1.48. The minimum Gasteiger partial charge on any atom is -0.477 e. The number of hydrogen-bond acceptors (Lipinski definition) is 6. The molecule has 0 spiro atoms. The molecular formula is C44H80NO7+. The fourth-order valence-electron chi connectivity index (χ4n) is 6.05. The van der Waals surface area contributed by atoms with Crippen LogP contribution in [-0.2, 0) is 28.6 Å². The van der Waals surface area contributed by atoms with E-state index in [-0.39, 0.29) is 36.2 Å². The number of carbonyl (C=O) groups excluding carboxylic acids is 2. The lowest BCUT2D eigenvalue weighted by atomic mass is 10.1. The molecule has 1 N–H and O–H groups in total. The van der Waals surface area contributed by atoms with E-state index in [1.807, 2.05) is 21.1 Å². The second-order valence-corrected chi connectivity index (χ2v) is 15.2. The molecular weight excluding hydrogens is 654 g/mol. The van der Waals surface area contributed by atoms with E-state index in [0.717, 1.165) is 64.2 Å². The van der Waals surface area contributed by atoms with Crippen molar-refractivity contribution in [3.8, 4) is 0 Å². The maximum Gasteiger partial charge on any atom is 0.362 e. The highest BCUT2D eigenvalue weighted by atomic mass is 16.6. The third kappa shape index (κ3) is 33.4. The highest BCUT2D eigenvalue weighted by Crippen LogP contribution is 2.14. The minimum atomic E-state index is -0.877. The van der Waals surface area contributed by atoms with Gasteiger partial charge in [-0.2, -0.15) is 0 Å². The number of ether oxygens (including phenoxy) is 3. The SMILES string of the molecule is CC/C=C\C/C=C\C/C=C\CCCCCCCCCC(=O)OC(COCCC(C(=O)O)[N+](C)(C)C)COC(=O)CCCCCCCCCCCCC. The van der Waals surface area contributed by atoms with Gasteiger partial charge in [0.05, 0.1) is 34.4 Å². The van der Waals surface area contributed by atoms with Crippen LogP contribution in [0.25, 0.3) is 0 Å². The van der Waals surface area contributed by atoms with Crippen molar-refractivity contribution in [3.05, 3.63) is 36.5 Å². The van der Waals surface area contributed by atoms with Gasteiger partial charge in [-0.3, -0.25) is 9.59 Å². The summed E-state index contributed by atoms with van der Waals surface area (Å²) in [6, 6.07) is -0.614. The fourth-order valence-corrected chi connectivity index (χ4v) is 6.05. The molecule has 0 bridgehead atoms. The van der Waals surface area contributed by atoms with Gasteiger partial charge in [0.2, 0.25) is 0 Å². The Labute approximate surface area is 319 Å². The summed E-state index contributed by atoms with van der Waals surface area (Å²) in [6.45, 7) is 4.61. The van der Waals surface area contributed by atoms with Crippen molar-refractivity contribution in [3.63, 3.8) is 0 Å². The minimum absolute atomic E-state index is 0.0527. The van der Waals surface area contributed by atoms with Gasteiger partial charge in [-0.25, -0.2) is 4.79 Å². The smallest absolute Gasteiger partial charge is 0.362 e. The molecule has 0 aromatic rings. The summed E-state index contributed by atoms with van der Waals surface area (Å²) in [5.41, 5.74) is 0. The molecule has 0 aliphatic rings. The largest absolute Gasteiger partial charge is 0.477 e. The molecule has 52 heavy (non-hydrogen) atoms. The van der Waals surface area contributed by atoms with Crippen LogP contribution < -0.4 is 0 Å². The Hall–Kier alpha value is -2.45. The number of aliphatic carboxylic acids is 1. The lowest BCUT2D eigenvalue weighted by molar-refractivity contribution is -0.887. The van der Waals surface area contributed by atoms with Crippen molar-refractivity contribution in [2.45, 2.75) is 187 Å². The van der Waals surface area contributed by atoms with E-state index in [2.05, 4.69) is 50.3 Å². The number of allylic oxidation sites excluding steroid dienone is 6. The molecule has 0 saturated carbocycles. The third-order valence-corrected chi connectivity index (χ3v) is 9.30. The number of quaternary nitrogens is 1. The number of esters is 2. The molecule has 0 heterocycles. The molecule has 0 fully saturated rings. The van der Waals surface area contributed by atoms with Crippen molar-refractivity contribution in [2.75, 3.05) is 41.0 Å². The maximum absolute atomic E-state index is 12.7. The second-order valence-electron chi connectivity index (χ2n) is 15.2. The molecule has 8 nitrogen and oxygen atoms in total. The molecule has 0 radical (unpaired) electrons.